The first-order valence-corrected chi connectivity index (χ1v) is 6.44. The number of amides is 1. The number of hydrogen-bond acceptors (Lipinski definition) is 3. The maximum Gasteiger partial charge on any atom is 0.267 e. The number of carbonyl (C=O) groups excluding carboxylic acids is 1. The minimum Gasteiger partial charge on any atom is -0.397 e. The first-order valence-electron chi connectivity index (χ1n) is 6.44. The van der Waals surface area contributed by atoms with Crippen LogP contribution in [-0.2, 0) is 11.8 Å². The largest absolute Gasteiger partial charge is 0.397 e. The second-order valence-electron chi connectivity index (χ2n) is 4.90. The Kier molecular flexibility index (Phi) is 4.25. The van der Waals surface area contributed by atoms with Crippen molar-refractivity contribution in [3.8, 4) is 0 Å². The minimum absolute atomic E-state index is 0.0867. The van der Waals surface area contributed by atoms with Gasteiger partial charge in [-0.2, -0.15) is 0 Å². The van der Waals surface area contributed by atoms with E-state index < -0.39 is 0 Å². The molecule has 1 aromatic heterocycles. The van der Waals surface area contributed by atoms with Crippen LogP contribution >= 0.6 is 0 Å². The van der Waals surface area contributed by atoms with Crippen molar-refractivity contribution in [1.29, 1.82) is 0 Å². The highest BCUT2D eigenvalue weighted by atomic mass is 16.5. The lowest BCUT2D eigenvalue weighted by atomic mass is 10.3. The number of nitrogens with one attached hydrogen (secondary N) is 1. The molecule has 100 valence electrons. The molecular weight excluding hydrogens is 230 g/mol. The Bertz CT molecular complexity index is 410. The van der Waals surface area contributed by atoms with Crippen LogP contribution in [0.5, 0.6) is 0 Å². The molecule has 2 rings (SSSR count). The third kappa shape index (κ3) is 3.77. The summed E-state index contributed by atoms with van der Waals surface area (Å²) in [6, 6.07) is 1.68. The SMILES string of the molecule is Cn1cc(N)cc1C(=O)NCCCOCC1CC1. The summed E-state index contributed by atoms with van der Waals surface area (Å²) in [6.07, 6.45) is 5.20. The first-order chi connectivity index (χ1) is 8.66. The van der Waals surface area contributed by atoms with Crippen LogP contribution in [0.15, 0.2) is 12.3 Å². The van der Waals surface area contributed by atoms with Crippen LogP contribution in [0, 0.1) is 5.92 Å². The number of nitrogens with two attached hydrogens (primary N) is 1. The molecule has 0 aliphatic heterocycles. The molecule has 5 heteroatoms. The number of hydrogen-bond donors (Lipinski definition) is 2. The van der Waals surface area contributed by atoms with Gasteiger partial charge in [0.1, 0.15) is 5.69 Å². The molecule has 0 unspecified atom stereocenters. The number of carbonyl (C=O) groups is 1. The second-order valence-corrected chi connectivity index (χ2v) is 4.90. The van der Waals surface area contributed by atoms with Crippen LogP contribution in [0.25, 0.3) is 0 Å². The Morgan fingerprint density at radius 3 is 3.00 bits per heavy atom. The molecule has 0 bridgehead atoms. The normalized spacial score (nSPS) is 14.7. The Labute approximate surface area is 107 Å². The summed E-state index contributed by atoms with van der Waals surface area (Å²) in [7, 11) is 1.81. The van der Waals surface area contributed by atoms with Gasteiger partial charge in [0.2, 0.25) is 0 Å². The predicted octanol–water partition coefficient (Wildman–Crippen LogP) is 1.15. The molecule has 1 aliphatic carbocycles. The monoisotopic (exact) mass is 251 g/mol. The fourth-order valence-corrected chi connectivity index (χ4v) is 1.82. The number of nitrogens with zero attached hydrogens (tertiary/aromatic N) is 1. The van der Waals surface area contributed by atoms with Gasteiger partial charge in [0.05, 0.1) is 5.69 Å². The standard InChI is InChI=1S/C13H21N3O2/c1-16-8-11(14)7-12(16)13(17)15-5-2-6-18-9-10-3-4-10/h7-8,10H,2-6,9,14H2,1H3,(H,15,17). The quantitative estimate of drug-likeness (QED) is 0.714. The van der Waals surface area contributed by atoms with Gasteiger partial charge in [-0.25, -0.2) is 0 Å². The molecule has 1 heterocycles. The molecule has 0 atom stereocenters. The Morgan fingerprint density at radius 1 is 1.61 bits per heavy atom. The molecular formula is C13H21N3O2. The number of aromatic nitrogens is 1. The van der Waals surface area contributed by atoms with E-state index in [0.717, 1.165) is 18.9 Å². The lowest BCUT2D eigenvalue weighted by molar-refractivity contribution is 0.0929. The van der Waals surface area contributed by atoms with Gasteiger partial charge in [0.25, 0.3) is 5.91 Å². The highest BCUT2D eigenvalue weighted by Crippen LogP contribution is 2.28. The zero-order valence-electron chi connectivity index (χ0n) is 10.8. The van der Waals surface area contributed by atoms with Gasteiger partial charge < -0.3 is 20.4 Å². The Balaban J connectivity index is 1.60. The van der Waals surface area contributed by atoms with Crippen LogP contribution in [0.4, 0.5) is 5.69 Å². The molecule has 0 radical (unpaired) electrons. The molecule has 0 aromatic carbocycles. The first kappa shape index (κ1) is 13.0. The lowest BCUT2D eigenvalue weighted by Gasteiger charge is -2.06. The van der Waals surface area contributed by atoms with Gasteiger partial charge in [-0.1, -0.05) is 0 Å². The number of ether oxygens (including phenoxy) is 1. The van der Waals surface area contributed by atoms with Crippen molar-refractivity contribution in [2.24, 2.45) is 13.0 Å². The molecule has 1 amide bonds. The average molecular weight is 251 g/mol. The second kappa shape index (κ2) is 5.91. The van der Waals surface area contributed by atoms with E-state index in [2.05, 4.69) is 5.32 Å². The van der Waals surface area contributed by atoms with Crippen LogP contribution < -0.4 is 11.1 Å². The molecule has 1 aliphatic rings. The molecule has 3 N–H and O–H groups in total. The van der Waals surface area contributed by atoms with Gasteiger partial charge in [0.15, 0.2) is 0 Å². The summed E-state index contributed by atoms with van der Waals surface area (Å²) in [6.45, 7) is 2.23. The highest BCUT2D eigenvalue weighted by Gasteiger charge is 2.20. The molecule has 0 spiro atoms. The van der Waals surface area contributed by atoms with E-state index in [0.29, 0.717) is 24.5 Å². The van der Waals surface area contributed by atoms with Crippen molar-refractivity contribution in [2.75, 3.05) is 25.5 Å². The fraction of sp³-hybridized carbons (Fsp3) is 0.615. The fourth-order valence-electron chi connectivity index (χ4n) is 1.82. The van der Waals surface area contributed by atoms with Crippen molar-refractivity contribution in [2.45, 2.75) is 19.3 Å². The van der Waals surface area contributed by atoms with Gasteiger partial charge in [-0.05, 0) is 31.2 Å². The van der Waals surface area contributed by atoms with Gasteiger partial charge in [-0.3, -0.25) is 4.79 Å². The van der Waals surface area contributed by atoms with Gasteiger partial charge in [0, 0.05) is 33.0 Å². The Morgan fingerprint density at radius 2 is 2.39 bits per heavy atom. The van der Waals surface area contributed by atoms with E-state index in [9.17, 15) is 4.79 Å². The van der Waals surface area contributed by atoms with E-state index in [-0.39, 0.29) is 5.91 Å². The summed E-state index contributed by atoms with van der Waals surface area (Å²) in [5, 5.41) is 2.86. The summed E-state index contributed by atoms with van der Waals surface area (Å²) in [5.41, 5.74) is 6.82. The number of anilines is 1. The van der Waals surface area contributed by atoms with E-state index in [1.807, 2.05) is 7.05 Å². The van der Waals surface area contributed by atoms with Crippen molar-refractivity contribution in [3.63, 3.8) is 0 Å². The van der Waals surface area contributed by atoms with Gasteiger partial charge >= 0.3 is 0 Å². The predicted molar refractivity (Wildman–Crippen MR) is 70.3 cm³/mol. The zero-order valence-corrected chi connectivity index (χ0v) is 10.8. The van der Waals surface area contributed by atoms with Crippen LogP contribution in [0.2, 0.25) is 0 Å². The molecule has 0 saturated heterocycles. The smallest absolute Gasteiger partial charge is 0.267 e. The highest BCUT2D eigenvalue weighted by molar-refractivity contribution is 5.93. The third-order valence-corrected chi connectivity index (χ3v) is 3.06. The Hall–Kier alpha value is -1.49. The number of nitrogen functional groups attached to an aromatic ring is 1. The minimum atomic E-state index is -0.0867. The van der Waals surface area contributed by atoms with Crippen molar-refractivity contribution in [3.05, 3.63) is 18.0 Å². The molecule has 1 fully saturated rings. The molecule has 1 aromatic rings. The summed E-state index contributed by atoms with van der Waals surface area (Å²) in [4.78, 5) is 11.8. The van der Waals surface area contributed by atoms with E-state index in [1.165, 1.54) is 12.8 Å². The summed E-state index contributed by atoms with van der Waals surface area (Å²) >= 11 is 0. The van der Waals surface area contributed by atoms with Crippen molar-refractivity contribution in [1.82, 2.24) is 9.88 Å². The van der Waals surface area contributed by atoms with Crippen molar-refractivity contribution >= 4 is 11.6 Å². The van der Waals surface area contributed by atoms with Crippen molar-refractivity contribution < 1.29 is 9.53 Å². The van der Waals surface area contributed by atoms with Crippen LogP contribution in [0.1, 0.15) is 29.8 Å². The van der Waals surface area contributed by atoms with E-state index in [4.69, 9.17) is 10.5 Å². The van der Waals surface area contributed by atoms with Crippen LogP contribution in [-0.4, -0.2) is 30.2 Å². The maximum atomic E-state index is 11.8. The summed E-state index contributed by atoms with van der Waals surface area (Å²) < 4.78 is 7.23. The third-order valence-electron chi connectivity index (χ3n) is 3.06. The number of rotatable bonds is 7. The average Bonchev–Trinajstić information content (AvgIpc) is 3.08. The molecule has 18 heavy (non-hydrogen) atoms. The molecule has 1 saturated carbocycles. The van der Waals surface area contributed by atoms with Crippen LogP contribution in [0.3, 0.4) is 0 Å². The number of aryl methyl sites for hydroxylation is 1. The van der Waals surface area contributed by atoms with E-state index in [1.54, 1.807) is 16.8 Å². The molecule has 5 nitrogen and oxygen atoms in total. The van der Waals surface area contributed by atoms with Gasteiger partial charge in [-0.15, -0.1) is 0 Å². The summed E-state index contributed by atoms with van der Waals surface area (Å²) in [5.74, 6) is 0.710. The van der Waals surface area contributed by atoms with E-state index >= 15 is 0 Å². The zero-order chi connectivity index (χ0) is 13.0. The maximum absolute atomic E-state index is 11.8. The lowest BCUT2D eigenvalue weighted by Crippen LogP contribution is -2.27. The topological polar surface area (TPSA) is 69.3 Å².